The molecule has 1 aliphatic rings. The molecule has 1 heterocycles. The fraction of sp³-hybridized carbons (Fsp3) is 0.364. The molecule has 25 heavy (non-hydrogen) atoms. The summed E-state index contributed by atoms with van der Waals surface area (Å²) in [6.07, 6.45) is 6.51. The van der Waals surface area contributed by atoms with Crippen molar-refractivity contribution in [2.24, 2.45) is 0 Å². The summed E-state index contributed by atoms with van der Waals surface area (Å²) >= 11 is 0. The zero-order valence-corrected chi connectivity index (χ0v) is 15.7. The van der Waals surface area contributed by atoms with Crippen LogP contribution in [0.5, 0.6) is 0 Å². The maximum atomic E-state index is 13.2. The molecule has 1 saturated carbocycles. The monoisotopic (exact) mass is 352 g/mol. The molecule has 0 N–H and O–H groups in total. The molecule has 1 aromatic heterocycles. The lowest BCUT2D eigenvalue weighted by Gasteiger charge is -2.21. The Balaban J connectivity index is 1.78. The summed E-state index contributed by atoms with van der Waals surface area (Å²) in [5, 5.41) is 1.01. The van der Waals surface area contributed by atoms with Crippen LogP contribution in [0, 0.1) is 13.8 Å². The van der Waals surface area contributed by atoms with Crippen LogP contribution >= 0.6 is 0 Å². The summed E-state index contributed by atoms with van der Waals surface area (Å²) in [5.74, 6) is 1.39. The van der Waals surface area contributed by atoms with Crippen molar-refractivity contribution in [1.29, 1.82) is 0 Å². The van der Waals surface area contributed by atoms with E-state index in [0.717, 1.165) is 26.5 Å². The highest BCUT2D eigenvalue weighted by molar-refractivity contribution is 7.85. The smallest absolute Gasteiger partial charge is 0.135 e. The lowest BCUT2D eigenvalue weighted by atomic mass is 9.84. The number of benzene rings is 2. The molecule has 0 unspecified atom stereocenters. The summed E-state index contributed by atoms with van der Waals surface area (Å²) in [6.45, 7) is 3.96. The van der Waals surface area contributed by atoms with Crippen molar-refractivity contribution in [3.05, 3.63) is 59.4 Å². The Kier molecular flexibility index (Phi) is 4.51. The summed E-state index contributed by atoms with van der Waals surface area (Å²) in [6, 6.07) is 14.4. The molecular weight excluding hydrogens is 328 g/mol. The highest BCUT2D eigenvalue weighted by atomic mass is 32.2. The zero-order chi connectivity index (χ0) is 17.4. The van der Waals surface area contributed by atoms with Crippen LogP contribution in [0.2, 0.25) is 0 Å². The van der Waals surface area contributed by atoms with Crippen molar-refractivity contribution in [2.75, 3.05) is 0 Å². The van der Waals surface area contributed by atoms with Gasteiger partial charge in [0.25, 0.3) is 0 Å². The molecule has 0 spiro atoms. The highest BCUT2D eigenvalue weighted by Gasteiger charge is 2.21. The minimum absolute atomic E-state index is 0.633. The molecule has 1 aliphatic carbocycles. The average Bonchev–Trinajstić information content (AvgIpc) is 2.97. The van der Waals surface area contributed by atoms with E-state index >= 15 is 0 Å². The van der Waals surface area contributed by atoms with Crippen LogP contribution in [0.3, 0.4) is 0 Å². The number of furan rings is 1. The van der Waals surface area contributed by atoms with Crippen LogP contribution < -0.4 is 0 Å². The highest BCUT2D eigenvalue weighted by Crippen LogP contribution is 2.37. The van der Waals surface area contributed by atoms with Crippen molar-refractivity contribution in [3.8, 4) is 0 Å². The molecule has 0 amide bonds. The van der Waals surface area contributed by atoms with E-state index in [0.29, 0.717) is 5.92 Å². The number of fused-ring (bicyclic) bond motifs is 1. The van der Waals surface area contributed by atoms with Gasteiger partial charge in [0.05, 0.1) is 15.7 Å². The molecule has 1 fully saturated rings. The Morgan fingerprint density at radius 2 is 1.68 bits per heavy atom. The van der Waals surface area contributed by atoms with Gasteiger partial charge in [0, 0.05) is 10.3 Å². The second-order valence-corrected chi connectivity index (χ2v) is 8.58. The quantitative estimate of drug-likeness (QED) is 0.556. The van der Waals surface area contributed by atoms with Gasteiger partial charge in [0.15, 0.2) is 0 Å². The average molecular weight is 352 g/mol. The molecule has 2 nitrogen and oxygen atoms in total. The summed E-state index contributed by atoms with van der Waals surface area (Å²) in [4.78, 5) is 1.66. The molecule has 0 bridgehead atoms. The molecule has 3 aromatic rings. The Hall–Kier alpha value is -1.87. The molecule has 130 valence electrons. The fourth-order valence-corrected chi connectivity index (χ4v) is 5.20. The van der Waals surface area contributed by atoms with Gasteiger partial charge in [-0.25, -0.2) is 4.21 Å². The SMILES string of the molecule is Cc1ccc([S@@](=O)c2c(C)oc3ccc(C4CCCCC4)cc23)cc1. The zero-order valence-electron chi connectivity index (χ0n) is 14.9. The lowest BCUT2D eigenvalue weighted by Crippen LogP contribution is -2.04. The van der Waals surface area contributed by atoms with E-state index in [1.807, 2.05) is 38.1 Å². The number of hydrogen-bond donors (Lipinski definition) is 0. The first-order chi connectivity index (χ1) is 12.1. The predicted molar refractivity (Wildman–Crippen MR) is 103 cm³/mol. The van der Waals surface area contributed by atoms with Gasteiger partial charge in [-0.3, -0.25) is 0 Å². The fourth-order valence-electron chi connectivity index (χ4n) is 3.91. The topological polar surface area (TPSA) is 30.2 Å². The summed E-state index contributed by atoms with van der Waals surface area (Å²) in [7, 11) is -1.22. The van der Waals surface area contributed by atoms with Gasteiger partial charge in [-0.1, -0.05) is 43.0 Å². The van der Waals surface area contributed by atoms with Crippen LogP contribution in [-0.4, -0.2) is 4.21 Å². The minimum Gasteiger partial charge on any atom is -0.460 e. The molecule has 0 radical (unpaired) electrons. The van der Waals surface area contributed by atoms with Gasteiger partial charge in [-0.05, 0) is 62.4 Å². The van der Waals surface area contributed by atoms with Gasteiger partial charge >= 0.3 is 0 Å². The van der Waals surface area contributed by atoms with Gasteiger partial charge in [-0.15, -0.1) is 0 Å². The van der Waals surface area contributed by atoms with Gasteiger partial charge < -0.3 is 4.42 Å². The van der Waals surface area contributed by atoms with Crippen molar-refractivity contribution in [3.63, 3.8) is 0 Å². The van der Waals surface area contributed by atoms with Crippen molar-refractivity contribution in [2.45, 2.75) is 61.7 Å². The van der Waals surface area contributed by atoms with E-state index < -0.39 is 10.8 Å². The van der Waals surface area contributed by atoms with Gasteiger partial charge in [-0.2, -0.15) is 0 Å². The summed E-state index contributed by atoms with van der Waals surface area (Å²) < 4.78 is 19.1. The third kappa shape index (κ3) is 3.18. The van der Waals surface area contributed by atoms with Crippen molar-refractivity contribution < 1.29 is 8.63 Å². The van der Waals surface area contributed by atoms with Crippen LogP contribution in [0.4, 0.5) is 0 Å². The first-order valence-corrected chi connectivity index (χ1v) is 10.3. The van der Waals surface area contributed by atoms with E-state index in [4.69, 9.17) is 4.42 Å². The van der Waals surface area contributed by atoms with E-state index in [-0.39, 0.29) is 0 Å². The number of aryl methyl sites for hydroxylation is 2. The van der Waals surface area contributed by atoms with Crippen LogP contribution in [0.15, 0.2) is 56.7 Å². The molecule has 4 rings (SSSR count). The second kappa shape index (κ2) is 6.80. The van der Waals surface area contributed by atoms with Crippen molar-refractivity contribution in [1.82, 2.24) is 0 Å². The Labute approximate surface area is 151 Å². The maximum Gasteiger partial charge on any atom is 0.135 e. The first kappa shape index (κ1) is 16.6. The number of rotatable bonds is 3. The van der Waals surface area contributed by atoms with Gasteiger partial charge in [0.2, 0.25) is 0 Å². The van der Waals surface area contributed by atoms with E-state index in [2.05, 4.69) is 18.2 Å². The standard InChI is InChI=1S/C22H24O2S/c1-15-8-11-19(12-9-15)25(23)22-16(2)24-21-13-10-18(14-20(21)22)17-6-4-3-5-7-17/h8-14,17H,3-7H2,1-2H3/t25-/m1/s1. The van der Waals surface area contributed by atoms with Gasteiger partial charge in [0.1, 0.15) is 11.3 Å². The largest absolute Gasteiger partial charge is 0.460 e. The lowest BCUT2D eigenvalue weighted by molar-refractivity contribution is 0.444. The van der Waals surface area contributed by atoms with Crippen LogP contribution in [-0.2, 0) is 10.8 Å². The van der Waals surface area contributed by atoms with E-state index in [9.17, 15) is 4.21 Å². The van der Waals surface area contributed by atoms with Crippen molar-refractivity contribution >= 4 is 21.8 Å². The van der Waals surface area contributed by atoms with E-state index in [1.54, 1.807) is 0 Å². The Bertz CT molecular complexity index is 915. The number of hydrogen-bond acceptors (Lipinski definition) is 2. The second-order valence-electron chi connectivity index (χ2n) is 7.16. The molecule has 3 heteroatoms. The third-order valence-corrected chi connectivity index (χ3v) is 6.91. The first-order valence-electron chi connectivity index (χ1n) is 9.15. The molecule has 1 atom stereocenters. The van der Waals surface area contributed by atoms with E-state index in [1.165, 1.54) is 43.2 Å². The van der Waals surface area contributed by atoms with Crippen LogP contribution in [0.25, 0.3) is 11.0 Å². The van der Waals surface area contributed by atoms with Crippen LogP contribution in [0.1, 0.15) is 54.9 Å². The Morgan fingerprint density at radius 1 is 0.960 bits per heavy atom. The Morgan fingerprint density at radius 3 is 2.40 bits per heavy atom. The predicted octanol–water partition coefficient (Wildman–Crippen LogP) is 6.26. The molecule has 2 aromatic carbocycles. The molecule has 0 aliphatic heterocycles. The molecular formula is C22H24O2S. The third-order valence-electron chi connectivity index (χ3n) is 5.33. The minimum atomic E-state index is -1.22. The maximum absolute atomic E-state index is 13.2. The summed E-state index contributed by atoms with van der Waals surface area (Å²) in [5.41, 5.74) is 3.39. The molecule has 0 saturated heterocycles. The normalized spacial score (nSPS) is 17.0.